The molecule has 1 aliphatic rings. The molecule has 0 unspecified atom stereocenters. The maximum Gasteiger partial charge on any atom is 0.156 e. The number of aldehydes is 1. The van der Waals surface area contributed by atoms with Crippen LogP contribution in [-0.4, -0.2) is 28.3 Å². The predicted molar refractivity (Wildman–Crippen MR) is 67.8 cm³/mol. The van der Waals surface area contributed by atoms with Crippen molar-refractivity contribution in [2.45, 2.75) is 39.2 Å². The van der Waals surface area contributed by atoms with Gasteiger partial charge < -0.3 is 4.90 Å². The molecule has 2 heterocycles. The van der Waals surface area contributed by atoms with E-state index in [0.29, 0.717) is 17.2 Å². The first kappa shape index (κ1) is 12.3. The van der Waals surface area contributed by atoms with Gasteiger partial charge in [0.15, 0.2) is 6.29 Å². The minimum atomic E-state index is 0.0158. The highest BCUT2D eigenvalue weighted by atomic mass is 35.5. The van der Waals surface area contributed by atoms with Crippen LogP contribution < -0.4 is 4.90 Å². The molecule has 1 aromatic heterocycles. The number of carbonyl (C=O) groups excluding carboxylic acids is 1. The molecule has 0 bridgehead atoms. The van der Waals surface area contributed by atoms with E-state index in [1.165, 1.54) is 0 Å². The molecule has 1 aromatic rings. The van der Waals surface area contributed by atoms with Crippen molar-refractivity contribution in [2.24, 2.45) is 0 Å². The summed E-state index contributed by atoms with van der Waals surface area (Å²) in [7, 11) is 0. The largest absolute Gasteiger partial charge is 0.351 e. The second kappa shape index (κ2) is 4.26. The number of nitrogens with zero attached hydrogens (tertiary/aromatic N) is 3. The first-order valence-corrected chi connectivity index (χ1v) is 6.10. The van der Waals surface area contributed by atoms with Crippen molar-refractivity contribution in [3.05, 3.63) is 16.5 Å². The molecule has 0 amide bonds. The van der Waals surface area contributed by atoms with Crippen molar-refractivity contribution in [1.82, 2.24) is 9.97 Å². The normalized spacial score (nSPS) is 18.5. The van der Waals surface area contributed by atoms with Gasteiger partial charge in [-0.25, -0.2) is 9.97 Å². The molecule has 1 saturated heterocycles. The molecule has 0 radical (unpaired) electrons. The quantitative estimate of drug-likeness (QED) is 0.600. The van der Waals surface area contributed by atoms with Crippen molar-refractivity contribution in [2.75, 3.05) is 11.4 Å². The number of rotatable bonds is 2. The van der Waals surface area contributed by atoms with E-state index in [0.717, 1.165) is 25.7 Å². The molecule has 0 atom stereocenters. The van der Waals surface area contributed by atoms with Crippen LogP contribution in [0.1, 0.15) is 42.9 Å². The van der Waals surface area contributed by atoms with E-state index in [9.17, 15) is 4.79 Å². The van der Waals surface area contributed by atoms with Crippen molar-refractivity contribution in [1.29, 1.82) is 0 Å². The standard InChI is InChI=1S/C12H16ClN3O/c1-8-14-10(13)9(7-17)11(15-8)16-6-4-5-12(16,2)3/h7H,4-6H2,1-3H3. The molecule has 0 aromatic carbocycles. The summed E-state index contributed by atoms with van der Waals surface area (Å²) in [5.41, 5.74) is 0.411. The maximum atomic E-state index is 11.1. The zero-order valence-corrected chi connectivity index (χ0v) is 11.1. The number of hydrogen-bond donors (Lipinski definition) is 0. The molecule has 5 heteroatoms. The molecule has 17 heavy (non-hydrogen) atoms. The number of aromatic nitrogens is 2. The van der Waals surface area contributed by atoms with Crippen molar-refractivity contribution in [3.63, 3.8) is 0 Å². The van der Waals surface area contributed by atoms with E-state index < -0.39 is 0 Å². The fourth-order valence-corrected chi connectivity index (χ4v) is 2.59. The second-order valence-corrected chi connectivity index (χ2v) is 5.34. The molecular weight excluding hydrogens is 238 g/mol. The molecule has 0 N–H and O–H groups in total. The van der Waals surface area contributed by atoms with Crippen LogP contribution in [0.2, 0.25) is 5.15 Å². The van der Waals surface area contributed by atoms with E-state index >= 15 is 0 Å². The number of carbonyl (C=O) groups is 1. The topological polar surface area (TPSA) is 46.1 Å². The minimum absolute atomic E-state index is 0.0158. The monoisotopic (exact) mass is 253 g/mol. The molecule has 0 spiro atoms. The first-order valence-electron chi connectivity index (χ1n) is 5.72. The molecule has 2 rings (SSSR count). The highest BCUT2D eigenvalue weighted by Gasteiger charge is 2.34. The first-order chi connectivity index (χ1) is 7.95. The van der Waals surface area contributed by atoms with Crippen LogP contribution in [0.25, 0.3) is 0 Å². The van der Waals surface area contributed by atoms with Gasteiger partial charge in [-0.2, -0.15) is 0 Å². The average Bonchev–Trinajstić information content (AvgIpc) is 2.57. The van der Waals surface area contributed by atoms with E-state index in [-0.39, 0.29) is 10.7 Å². The van der Waals surface area contributed by atoms with Gasteiger partial charge in [-0.3, -0.25) is 4.79 Å². The highest BCUT2D eigenvalue weighted by molar-refractivity contribution is 6.32. The Morgan fingerprint density at radius 1 is 1.41 bits per heavy atom. The summed E-state index contributed by atoms with van der Waals surface area (Å²) in [5.74, 6) is 1.26. The van der Waals surface area contributed by atoms with Crippen LogP contribution in [0, 0.1) is 6.92 Å². The van der Waals surface area contributed by atoms with Gasteiger partial charge in [-0.05, 0) is 33.6 Å². The fourth-order valence-electron chi connectivity index (χ4n) is 2.34. The number of anilines is 1. The summed E-state index contributed by atoms with van der Waals surface area (Å²) in [4.78, 5) is 21.7. The Labute approximate surface area is 106 Å². The smallest absolute Gasteiger partial charge is 0.156 e. The Morgan fingerprint density at radius 2 is 2.12 bits per heavy atom. The van der Waals surface area contributed by atoms with Gasteiger partial charge in [0.25, 0.3) is 0 Å². The summed E-state index contributed by atoms with van der Waals surface area (Å²) in [5, 5.41) is 0.241. The van der Waals surface area contributed by atoms with E-state index in [2.05, 4.69) is 28.7 Å². The van der Waals surface area contributed by atoms with Gasteiger partial charge >= 0.3 is 0 Å². The van der Waals surface area contributed by atoms with Gasteiger partial charge in [0.05, 0.1) is 5.56 Å². The predicted octanol–water partition coefficient (Wildman–Crippen LogP) is 2.63. The molecule has 92 valence electrons. The maximum absolute atomic E-state index is 11.1. The number of halogens is 1. The van der Waals surface area contributed by atoms with Crippen LogP contribution in [-0.2, 0) is 0 Å². The average molecular weight is 254 g/mol. The van der Waals surface area contributed by atoms with Gasteiger partial charge in [-0.1, -0.05) is 11.6 Å². The third kappa shape index (κ3) is 2.14. The van der Waals surface area contributed by atoms with Gasteiger partial charge in [-0.15, -0.1) is 0 Å². The van der Waals surface area contributed by atoms with Gasteiger partial charge in [0.1, 0.15) is 16.8 Å². The van der Waals surface area contributed by atoms with Crippen LogP contribution in [0.3, 0.4) is 0 Å². The minimum Gasteiger partial charge on any atom is -0.351 e. The fraction of sp³-hybridized carbons (Fsp3) is 0.583. The molecule has 1 fully saturated rings. The van der Waals surface area contributed by atoms with Crippen molar-refractivity contribution < 1.29 is 4.79 Å². The Balaban J connectivity index is 2.54. The third-order valence-corrected chi connectivity index (χ3v) is 3.55. The van der Waals surface area contributed by atoms with Crippen LogP contribution in [0.4, 0.5) is 5.82 Å². The summed E-state index contributed by atoms with van der Waals surface area (Å²) in [6, 6.07) is 0. The molecular formula is C12H16ClN3O. The molecule has 4 nitrogen and oxygen atoms in total. The SMILES string of the molecule is Cc1nc(Cl)c(C=O)c(N2CCCC2(C)C)n1. The van der Waals surface area contributed by atoms with E-state index in [4.69, 9.17) is 11.6 Å². The Morgan fingerprint density at radius 3 is 2.65 bits per heavy atom. The van der Waals surface area contributed by atoms with Crippen molar-refractivity contribution in [3.8, 4) is 0 Å². The molecule has 0 aliphatic carbocycles. The van der Waals surface area contributed by atoms with Crippen LogP contribution >= 0.6 is 11.6 Å². The lowest BCUT2D eigenvalue weighted by Crippen LogP contribution is -2.39. The Bertz CT molecular complexity index is 459. The van der Waals surface area contributed by atoms with E-state index in [1.54, 1.807) is 6.92 Å². The molecule has 1 aliphatic heterocycles. The number of hydrogen-bond acceptors (Lipinski definition) is 4. The second-order valence-electron chi connectivity index (χ2n) is 4.98. The zero-order chi connectivity index (χ0) is 12.6. The zero-order valence-electron chi connectivity index (χ0n) is 10.3. The lowest BCUT2D eigenvalue weighted by atomic mass is 10.0. The lowest BCUT2D eigenvalue weighted by Gasteiger charge is -2.33. The summed E-state index contributed by atoms with van der Waals surface area (Å²) < 4.78 is 0. The van der Waals surface area contributed by atoms with Crippen molar-refractivity contribution >= 4 is 23.7 Å². The van der Waals surface area contributed by atoms with Gasteiger partial charge in [0.2, 0.25) is 0 Å². The third-order valence-electron chi connectivity index (χ3n) is 3.27. The van der Waals surface area contributed by atoms with Gasteiger partial charge in [0, 0.05) is 12.1 Å². The highest BCUT2D eigenvalue weighted by Crippen LogP contribution is 2.35. The Hall–Kier alpha value is -1.16. The van der Waals surface area contributed by atoms with E-state index in [1.807, 2.05) is 0 Å². The summed E-state index contributed by atoms with van der Waals surface area (Å²) >= 11 is 6.00. The van der Waals surface area contributed by atoms with Crippen LogP contribution in [0.5, 0.6) is 0 Å². The summed E-state index contributed by atoms with van der Waals surface area (Å²) in [6.45, 7) is 6.99. The Kier molecular flexibility index (Phi) is 3.08. The summed E-state index contributed by atoms with van der Waals surface area (Å²) in [6.07, 6.45) is 2.93. The van der Waals surface area contributed by atoms with Crippen LogP contribution in [0.15, 0.2) is 0 Å². The lowest BCUT2D eigenvalue weighted by molar-refractivity contribution is 0.112. The molecule has 0 saturated carbocycles. The number of aryl methyl sites for hydroxylation is 1.